The van der Waals surface area contributed by atoms with Crippen LogP contribution in [0.2, 0.25) is 0 Å². The molecule has 14 heavy (non-hydrogen) atoms. The van der Waals surface area contributed by atoms with Crippen LogP contribution in [0, 0.1) is 5.92 Å². The number of hydrogen-bond donors (Lipinski definition) is 2. The lowest BCUT2D eigenvalue weighted by Gasteiger charge is -2.10. The first-order valence-corrected chi connectivity index (χ1v) is 5.79. The Hall–Kier alpha value is -0.570. The molecule has 82 valence electrons. The maximum Gasteiger partial charge on any atom is 0.220 e. The summed E-state index contributed by atoms with van der Waals surface area (Å²) in [6.45, 7) is 1.58. The number of carbonyl (C=O) groups is 1. The first kappa shape index (κ1) is 11.5. The highest BCUT2D eigenvalue weighted by Crippen LogP contribution is 2.23. The molecule has 3 N–H and O–H groups in total. The second kappa shape index (κ2) is 6.82. The highest BCUT2D eigenvalue weighted by molar-refractivity contribution is 5.75. The van der Waals surface area contributed by atoms with E-state index in [4.69, 9.17) is 5.73 Å². The zero-order valence-corrected chi connectivity index (χ0v) is 8.93. The van der Waals surface area contributed by atoms with Crippen LogP contribution in [0.5, 0.6) is 0 Å². The minimum absolute atomic E-state index is 0.199. The number of amides is 1. The van der Waals surface area contributed by atoms with Crippen molar-refractivity contribution in [2.45, 2.75) is 44.9 Å². The number of unbranched alkanes of at least 4 members (excludes halogenated alkanes) is 1. The molecule has 1 fully saturated rings. The molecule has 0 aromatic rings. The summed E-state index contributed by atoms with van der Waals surface area (Å²) in [5.41, 5.74) is 5.36. The zero-order valence-electron chi connectivity index (χ0n) is 8.93. The van der Waals surface area contributed by atoms with E-state index in [1.54, 1.807) is 0 Å². The van der Waals surface area contributed by atoms with E-state index >= 15 is 0 Å². The Kier molecular flexibility index (Phi) is 5.60. The summed E-state index contributed by atoms with van der Waals surface area (Å²) in [5.74, 6) is 0.943. The molecule has 0 heterocycles. The van der Waals surface area contributed by atoms with Gasteiger partial charge in [-0.3, -0.25) is 4.79 Å². The van der Waals surface area contributed by atoms with Crippen molar-refractivity contribution in [1.29, 1.82) is 0 Å². The molecule has 1 saturated carbocycles. The summed E-state index contributed by atoms with van der Waals surface area (Å²) in [4.78, 5) is 11.3. The van der Waals surface area contributed by atoms with Crippen LogP contribution < -0.4 is 11.1 Å². The SMILES string of the molecule is NCCCCC(=O)NCC1CCCC1. The minimum atomic E-state index is 0.199. The highest BCUT2D eigenvalue weighted by Gasteiger charge is 2.15. The lowest BCUT2D eigenvalue weighted by molar-refractivity contribution is -0.121. The maximum absolute atomic E-state index is 11.3. The topological polar surface area (TPSA) is 55.1 Å². The van der Waals surface area contributed by atoms with Gasteiger partial charge in [-0.2, -0.15) is 0 Å². The molecule has 3 heteroatoms. The Balaban J connectivity index is 1.96. The molecule has 1 aliphatic rings. The predicted molar refractivity (Wildman–Crippen MR) is 57.9 cm³/mol. The van der Waals surface area contributed by atoms with Crippen LogP contribution in [0.25, 0.3) is 0 Å². The van der Waals surface area contributed by atoms with Gasteiger partial charge in [-0.1, -0.05) is 12.8 Å². The standard InChI is InChI=1S/C11H22N2O/c12-8-4-3-7-11(14)13-9-10-5-1-2-6-10/h10H,1-9,12H2,(H,13,14). The second-order valence-corrected chi connectivity index (χ2v) is 4.20. The fraction of sp³-hybridized carbons (Fsp3) is 0.909. The van der Waals surface area contributed by atoms with Gasteiger partial charge in [-0.25, -0.2) is 0 Å². The molecule has 0 aliphatic heterocycles. The third-order valence-electron chi connectivity index (χ3n) is 2.92. The predicted octanol–water partition coefficient (Wildman–Crippen LogP) is 1.42. The largest absolute Gasteiger partial charge is 0.356 e. The van der Waals surface area contributed by atoms with Crippen molar-refractivity contribution in [1.82, 2.24) is 5.32 Å². The molecule has 0 bridgehead atoms. The first-order valence-electron chi connectivity index (χ1n) is 5.79. The fourth-order valence-electron chi connectivity index (χ4n) is 1.99. The van der Waals surface area contributed by atoms with E-state index in [-0.39, 0.29) is 5.91 Å². The molecule has 0 atom stereocenters. The van der Waals surface area contributed by atoms with Gasteiger partial charge in [0.25, 0.3) is 0 Å². The molecule has 0 radical (unpaired) electrons. The third-order valence-corrected chi connectivity index (χ3v) is 2.92. The number of carbonyl (C=O) groups excluding carboxylic acids is 1. The molecule has 0 spiro atoms. The van der Waals surface area contributed by atoms with Crippen molar-refractivity contribution in [3.05, 3.63) is 0 Å². The third kappa shape index (κ3) is 4.61. The number of nitrogens with one attached hydrogen (secondary N) is 1. The number of rotatable bonds is 6. The molecule has 0 aromatic carbocycles. The quantitative estimate of drug-likeness (QED) is 0.634. The van der Waals surface area contributed by atoms with Gasteiger partial charge in [0.05, 0.1) is 0 Å². The van der Waals surface area contributed by atoms with Gasteiger partial charge in [0.15, 0.2) is 0 Å². The molecular weight excluding hydrogens is 176 g/mol. The van der Waals surface area contributed by atoms with Gasteiger partial charge in [0, 0.05) is 13.0 Å². The molecule has 0 saturated heterocycles. The van der Waals surface area contributed by atoms with Crippen LogP contribution in [0.15, 0.2) is 0 Å². The van der Waals surface area contributed by atoms with Crippen LogP contribution in [-0.4, -0.2) is 19.0 Å². The van der Waals surface area contributed by atoms with Gasteiger partial charge >= 0.3 is 0 Å². The molecule has 1 amide bonds. The van der Waals surface area contributed by atoms with Gasteiger partial charge in [-0.15, -0.1) is 0 Å². The van der Waals surface area contributed by atoms with Crippen molar-refractivity contribution in [3.63, 3.8) is 0 Å². The smallest absolute Gasteiger partial charge is 0.220 e. The Bertz CT molecular complexity index is 165. The van der Waals surface area contributed by atoms with Crippen molar-refractivity contribution < 1.29 is 4.79 Å². The van der Waals surface area contributed by atoms with E-state index < -0.39 is 0 Å². The van der Waals surface area contributed by atoms with Crippen molar-refractivity contribution in [2.75, 3.05) is 13.1 Å². The normalized spacial score (nSPS) is 17.2. The Morgan fingerprint density at radius 3 is 2.64 bits per heavy atom. The van der Waals surface area contributed by atoms with Crippen LogP contribution in [0.1, 0.15) is 44.9 Å². The van der Waals surface area contributed by atoms with E-state index in [2.05, 4.69) is 5.32 Å². The summed E-state index contributed by atoms with van der Waals surface area (Å²) in [5, 5.41) is 3.00. The summed E-state index contributed by atoms with van der Waals surface area (Å²) < 4.78 is 0. The average molecular weight is 198 g/mol. The molecular formula is C11H22N2O. The van der Waals surface area contributed by atoms with E-state index in [1.807, 2.05) is 0 Å². The Morgan fingerprint density at radius 1 is 1.29 bits per heavy atom. The Morgan fingerprint density at radius 2 is 2.00 bits per heavy atom. The van der Waals surface area contributed by atoms with Crippen LogP contribution in [-0.2, 0) is 4.79 Å². The highest BCUT2D eigenvalue weighted by atomic mass is 16.1. The molecule has 1 rings (SSSR count). The fourth-order valence-corrected chi connectivity index (χ4v) is 1.99. The van der Waals surface area contributed by atoms with Crippen LogP contribution in [0.3, 0.4) is 0 Å². The van der Waals surface area contributed by atoms with Crippen molar-refractivity contribution >= 4 is 5.91 Å². The van der Waals surface area contributed by atoms with E-state index in [1.165, 1.54) is 25.7 Å². The summed E-state index contributed by atoms with van der Waals surface area (Å²) >= 11 is 0. The summed E-state index contributed by atoms with van der Waals surface area (Å²) in [6, 6.07) is 0. The lowest BCUT2D eigenvalue weighted by atomic mass is 10.1. The van der Waals surface area contributed by atoms with E-state index in [0.717, 1.165) is 25.3 Å². The zero-order chi connectivity index (χ0) is 10.2. The molecule has 1 aliphatic carbocycles. The van der Waals surface area contributed by atoms with Crippen molar-refractivity contribution in [2.24, 2.45) is 11.7 Å². The van der Waals surface area contributed by atoms with Gasteiger partial charge < -0.3 is 11.1 Å². The number of nitrogens with two attached hydrogens (primary N) is 1. The summed E-state index contributed by atoms with van der Waals surface area (Å²) in [6.07, 6.45) is 7.79. The molecule has 3 nitrogen and oxygen atoms in total. The minimum Gasteiger partial charge on any atom is -0.356 e. The number of hydrogen-bond acceptors (Lipinski definition) is 2. The first-order chi connectivity index (χ1) is 6.83. The second-order valence-electron chi connectivity index (χ2n) is 4.20. The monoisotopic (exact) mass is 198 g/mol. The van der Waals surface area contributed by atoms with E-state index in [9.17, 15) is 4.79 Å². The molecule has 0 unspecified atom stereocenters. The van der Waals surface area contributed by atoms with Gasteiger partial charge in [0.1, 0.15) is 0 Å². The van der Waals surface area contributed by atoms with Crippen LogP contribution >= 0.6 is 0 Å². The summed E-state index contributed by atoms with van der Waals surface area (Å²) in [7, 11) is 0. The average Bonchev–Trinajstić information content (AvgIpc) is 2.68. The Labute approximate surface area is 86.4 Å². The van der Waals surface area contributed by atoms with Gasteiger partial charge in [-0.05, 0) is 38.1 Å². The maximum atomic E-state index is 11.3. The lowest BCUT2D eigenvalue weighted by Crippen LogP contribution is -2.28. The van der Waals surface area contributed by atoms with Crippen LogP contribution in [0.4, 0.5) is 0 Å². The molecule has 0 aromatic heterocycles. The van der Waals surface area contributed by atoms with Gasteiger partial charge in [0.2, 0.25) is 5.91 Å². The van der Waals surface area contributed by atoms with Crippen molar-refractivity contribution in [3.8, 4) is 0 Å². The van der Waals surface area contributed by atoms with E-state index in [0.29, 0.717) is 13.0 Å².